The molecule has 6 nitrogen and oxygen atoms in total. The summed E-state index contributed by atoms with van der Waals surface area (Å²) < 4.78 is 3.92. The summed E-state index contributed by atoms with van der Waals surface area (Å²) in [6.45, 7) is 2.57. The van der Waals surface area contributed by atoms with Crippen molar-refractivity contribution in [1.82, 2.24) is 9.69 Å². The Morgan fingerprint density at radius 2 is 2.38 bits per heavy atom. The molecule has 5 N–H and O–H groups in total. The number of amides is 1. The Balaban J connectivity index is 2.76. The molecule has 0 bridgehead atoms. The first-order chi connectivity index (χ1) is 7.60. The molecule has 16 heavy (non-hydrogen) atoms. The lowest BCUT2D eigenvalue weighted by Gasteiger charge is -2.10. The van der Waals surface area contributed by atoms with Gasteiger partial charge >= 0.3 is 0 Å². The molecule has 0 aromatic carbocycles. The first-order valence-electron chi connectivity index (χ1n) is 4.92. The predicted octanol–water partition coefficient (Wildman–Crippen LogP) is 0.125. The van der Waals surface area contributed by atoms with Crippen LogP contribution >= 0.6 is 11.5 Å². The van der Waals surface area contributed by atoms with Crippen LogP contribution in [0.4, 0.5) is 10.8 Å². The first-order valence-corrected chi connectivity index (χ1v) is 5.69. The summed E-state index contributed by atoms with van der Waals surface area (Å²) in [5, 5.41) is 15.1. The molecule has 1 atom stereocenters. The minimum atomic E-state index is -0.259. The van der Waals surface area contributed by atoms with E-state index in [-0.39, 0.29) is 24.2 Å². The predicted molar refractivity (Wildman–Crippen MR) is 64.7 cm³/mol. The molecule has 1 aromatic heterocycles. The number of aromatic nitrogens is 1. The van der Waals surface area contributed by atoms with Gasteiger partial charge in [0.15, 0.2) is 5.82 Å². The van der Waals surface area contributed by atoms with Crippen LogP contribution in [-0.2, 0) is 0 Å². The number of carbonyl (C=O) groups is 1. The summed E-state index contributed by atoms with van der Waals surface area (Å²) in [5.74, 6) is 0.0785. The molecule has 90 valence electrons. The summed E-state index contributed by atoms with van der Waals surface area (Å²) >= 11 is 1.14. The second kappa shape index (κ2) is 5.66. The summed E-state index contributed by atoms with van der Waals surface area (Å²) in [6.07, 6.45) is 0. The highest BCUT2D eigenvalue weighted by molar-refractivity contribution is 7.11. The highest BCUT2D eigenvalue weighted by Gasteiger charge is 2.18. The van der Waals surface area contributed by atoms with Crippen LogP contribution in [0.2, 0.25) is 0 Å². The normalized spacial score (nSPS) is 12.2. The maximum absolute atomic E-state index is 11.5. The average Bonchev–Trinajstić information content (AvgIpc) is 2.66. The fraction of sp³-hybridized carbons (Fsp3) is 0.556. The van der Waals surface area contributed by atoms with Crippen LogP contribution in [-0.4, -0.2) is 35.6 Å². The lowest BCUT2D eigenvalue weighted by atomic mass is 10.2. The molecule has 0 saturated heterocycles. The van der Waals surface area contributed by atoms with E-state index in [4.69, 9.17) is 10.8 Å². The Kier molecular flexibility index (Phi) is 4.51. The van der Waals surface area contributed by atoms with Gasteiger partial charge in [0.2, 0.25) is 0 Å². The number of rotatable bonds is 5. The van der Waals surface area contributed by atoms with Gasteiger partial charge in [0, 0.05) is 20.2 Å². The summed E-state index contributed by atoms with van der Waals surface area (Å²) in [5.41, 5.74) is 5.98. The molecule has 1 aromatic rings. The molecule has 1 rings (SSSR count). The van der Waals surface area contributed by atoms with Gasteiger partial charge in [0.25, 0.3) is 5.91 Å². The van der Waals surface area contributed by atoms with Gasteiger partial charge in [0.1, 0.15) is 10.6 Å². The molecule has 0 aliphatic rings. The number of nitrogen functional groups attached to an aromatic ring is 1. The molecular weight excluding hydrogens is 228 g/mol. The molecule has 0 aliphatic heterocycles. The van der Waals surface area contributed by atoms with Crippen LogP contribution in [0.15, 0.2) is 0 Å². The monoisotopic (exact) mass is 244 g/mol. The maximum Gasteiger partial charge on any atom is 0.257 e. The SMILES string of the molecule is CNC(=O)c1c(N)nsc1NCC(C)CO. The Bertz CT molecular complexity index is 366. The molecule has 0 aliphatic carbocycles. The molecular formula is C9H16N4O2S. The van der Waals surface area contributed by atoms with E-state index in [1.165, 1.54) is 0 Å². The van der Waals surface area contributed by atoms with Crippen molar-refractivity contribution in [2.45, 2.75) is 6.92 Å². The van der Waals surface area contributed by atoms with Crippen molar-refractivity contribution in [1.29, 1.82) is 0 Å². The number of aliphatic hydroxyl groups is 1. The summed E-state index contributed by atoms with van der Waals surface area (Å²) in [7, 11) is 1.54. The number of nitrogens with zero attached hydrogens (tertiary/aromatic N) is 1. The Morgan fingerprint density at radius 3 is 2.94 bits per heavy atom. The van der Waals surface area contributed by atoms with Crippen LogP contribution in [0.5, 0.6) is 0 Å². The molecule has 0 saturated carbocycles. The van der Waals surface area contributed by atoms with E-state index in [9.17, 15) is 4.79 Å². The maximum atomic E-state index is 11.5. The van der Waals surface area contributed by atoms with E-state index in [1.807, 2.05) is 6.92 Å². The smallest absolute Gasteiger partial charge is 0.257 e. The Labute approximate surface area is 98.0 Å². The van der Waals surface area contributed by atoms with Gasteiger partial charge in [-0.3, -0.25) is 4.79 Å². The van der Waals surface area contributed by atoms with E-state index in [1.54, 1.807) is 7.05 Å². The Morgan fingerprint density at radius 1 is 1.69 bits per heavy atom. The van der Waals surface area contributed by atoms with Crippen LogP contribution < -0.4 is 16.4 Å². The highest BCUT2D eigenvalue weighted by Crippen LogP contribution is 2.26. The van der Waals surface area contributed by atoms with Gasteiger partial charge in [-0.1, -0.05) is 6.92 Å². The number of hydrogen-bond donors (Lipinski definition) is 4. The third-order valence-corrected chi connectivity index (χ3v) is 2.91. The lowest BCUT2D eigenvalue weighted by molar-refractivity contribution is 0.0965. The molecule has 1 heterocycles. The minimum Gasteiger partial charge on any atom is -0.396 e. The van der Waals surface area contributed by atoms with Gasteiger partial charge < -0.3 is 21.5 Å². The molecule has 0 spiro atoms. The van der Waals surface area contributed by atoms with Crippen LogP contribution in [0, 0.1) is 5.92 Å². The molecule has 7 heteroatoms. The van der Waals surface area contributed by atoms with Crippen molar-refractivity contribution < 1.29 is 9.90 Å². The van der Waals surface area contributed by atoms with E-state index < -0.39 is 0 Å². The van der Waals surface area contributed by atoms with Crippen LogP contribution in [0.1, 0.15) is 17.3 Å². The van der Waals surface area contributed by atoms with Crippen molar-refractivity contribution in [3.63, 3.8) is 0 Å². The zero-order chi connectivity index (χ0) is 12.1. The zero-order valence-corrected chi connectivity index (χ0v) is 10.1. The van der Waals surface area contributed by atoms with Crippen LogP contribution in [0.25, 0.3) is 0 Å². The topological polar surface area (TPSA) is 100 Å². The number of anilines is 2. The fourth-order valence-electron chi connectivity index (χ4n) is 1.10. The number of carbonyl (C=O) groups excluding carboxylic acids is 1. The van der Waals surface area contributed by atoms with Crippen molar-refractivity contribution in [3.8, 4) is 0 Å². The van der Waals surface area contributed by atoms with Crippen molar-refractivity contribution >= 4 is 28.3 Å². The van der Waals surface area contributed by atoms with E-state index in [2.05, 4.69) is 15.0 Å². The number of aliphatic hydroxyl groups excluding tert-OH is 1. The lowest BCUT2D eigenvalue weighted by Crippen LogP contribution is -2.21. The van der Waals surface area contributed by atoms with Crippen molar-refractivity contribution in [2.75, 3.05) is 31.2 Å². The third-order valence-electron chi connectivity index (χ3n) is 2.10. The summed E-state index contributed by atoms with van der Waals surface area (Å²) in [4.78, 5) is 11.5. The molecule has 0 fully saturated rings. The summed E-state index contributed by atoms with van der Waals surface area (Å²) in [6, 6.07) is 0. The van der Waals surface area contributed by atoms with Gasteiger partial charge in [-0.2, -0.15) is 4.37 Å². The Hall–Kier alpha value is -1.34. The molecule has 1 unspecified atom stereocenters. The third kappa shape index (κ3) is 2.83. The molecule has 1 amide bonds. The molecule has 0 radical (unpaired) electrons. The quantitative estimate of drug-likeness (QED) is 0.589. The van der Waals surface area contributed by atoms with E-state index >= 15 is 0 Å². The van der Waals surface area contributed by atoms with E-state index in [0.29, 0.717) is 17.1 Å². The van der Waals surface area contributed by atoms with Gasteiger partial charge in [0.05, 0.1) is 0 Å². The standard InChI is InChI=1S/C9H16N4O2S/c1-5(4-14)3-12-9-6(8(15)11-2)7(10)13-16-9/h5,12,14H,3-4H2,1-2H3,(H2,10,13)(H,11,15). The fourth-order valence-corrected chi connectivity index (χ4v) is 1.82. The minimum absolute atomic E-state index is 0.0938. The largest absolute Gasteiger partial charge is 0.396 e. The second-order valence-corrected chi connectivity index (χ2v) is 4.29. The van der Waals surface area contributed by atoms with Crippen LogP contribution in [0.3, 0.4) is 0 Å². The average molecular weight is 244 g/mol. The van der Waals surface area contributed by atoms with Gasteiger partial charge in [-0.25, -0.2) is 0 Å². The second-order valence-electron chi connectivity index (χ2n) is 3.52. The number of nitrogens with one attached hydrogen (secondary N) is 2. The zero-order valence-electron chi connectivity index (χ0n) is 9.28. The van der Waals surface area contributed by atoms with Gasteiger partial charge in [-0.05, 0) is 17.5 Å². The number of hydrogen-bond acceptors (Lipinski definition) is 6. The van der Waals surface area contributed by atoms with E-state index in [0.717, 1.165) is 11.5 Å². The van der Waals surface area contributed by atoms with Crippen molar-refractivity contribution in [2.24, 2.45) is 5.92 Å². The highest BCUT2D eigenvalue weighted by atomic mass is 32.1. The van der Waals surface area contributed by atoms with Crippen molar-refractivity contribution in [3.05, 3.63) is 5.56 Å². The van der Waals surface area contributed by atoms with Gasteiger partial charge in [-0.15, -0.1) is 0 Å². The first kappa shape index (κ1) is 12.7. The number of nitrogens with two attached hydrogens (primary N) is 1.